The third-order valence-electron chi connectivity index (χ3n) is 2.52. The number of rotatable bonds is 3. The molecule has 4 heteroatoms. The van der Waals surface area contributed by atoms with E-state index in [-0.39, 0.29) is 0 Å². The van der Waals surface area contributed by atoms with Crippen molar-refractivity contribution in [1.82, 2.24) is 10.2 Å². The highest BCUT2D eigenvalue weighted by molar-refractivity contribution is 5.69. The largest absolute Gasteiger partial charge is 0.472 e. The van der Waals surface area contributed by atoms with Crippen LogP contribution < -0.4 is 5.73 Å². The summed E-state index contributed by atoms with van der Waals surface area (Å²) in [7, 11) is 0. The number of aromatic amines is 1. The molecule has 0 fully saturated rings. The highest BCUT2D eigenvalue weighted by Crippen LogP contribution is 2.29. The number of hydrogen-bond donors (Lipinski definition) is 2. The van der Waals surface area contributed by atoms with E-state index in [0.717, 1.165) is 35.2 Å². The minimum Gasteiger partial charge on any atom is -0.472 e. The average molecular weight is 205 g/mol. The van der Waals surface area contributed by atoms with E-state index >= 15 is 0 Å². The van der Waals surface area contributed by atoms with E-state index in [0.29, 0.717) is 5.82 Å². The van der Waals surface area contributed by atoms with Crippen molar-refractivity contribution in [3.63, 3.8) is 0 Å². The molecule has 0 unspecified atom stereocenters. The van der Waals surface area contributed by atoms with Crippen molar-refractivity contribution < 1.29 is 4.42 Å². The SMILES string of the molecule is CCCc1c(N)n[nH]c1-c1cocc1C. The van der Waals surface area contributed by atoms with Gasteiger partial charge in [-0.3, -0.25) is 5.10 Å². The monoisotopic (exact) mass is 205 g/mol. The van der Waals surface area contributed by atoms with Crippen LogP contribution in [0.25, 0.3) is 11.3 Å². The Morgan fingerprint density at radius 2 is 2.27 bits per heavy atom. The number of anilines is 1. The first kappa shape index (κ1) is 9.83. The van der Waals surface area contributed by atoms with Crippen LogP contribution in [-0.2, 0) is 6.42 Å². The van der Waals surface area contributed by atoms with E-state index in [1.165, 1.54) is 0 Å². The molecule has 0 radical (unpaired) electrons. The quantitative estimate of drug-likeness (QED) is 0.809. The average Bonchev–Trinajstić information content (AvgIpc) is 2.76. The second-order valence-corrected chi connectivity index (χ2v) is 3.68. The zero-order valence-corrected chi connectivity index (χ0v) is 9.00. The van der Waals surface area contributed by atoms with Crippen LogP contribution in [-0.4, -0.2) is 10.2 Å². The van der Waals surface area contributed by atoms with E-state index in [4.69, 9.17) is 10.2 Å². The Kier molecular flexibility index (Phi) is 2.49. The molecule has 0 aliphatic carbocycles. The van der Waals surface area contributed by atoms with Gasteiger partial charge in [0.1, 0.15) is 5.82 Å². The summed E-state index contributed by atoms with van der Waals surface area (Å²) in [6.45, 7) is 4.13. The van der Waals surface area contributed by atoms with Crippen LogP contribution in [0.2, 0.25) is 0 Å². The van der Waals surface area contributed by atoms with Crippen molar-refractivity contribution in [2.24, 2.45) is 0 Å². The Balaban J connectivity index is 2.49. The van der Waals surface area contributed by atoms with Gasteiger partial charge in [-0.05, 0) is 18.9 Å². The smallest absolute Gasteiger partial charge is 0.149 e. The summed E-state index contributed by atoms with van der Waals surface area (Å²) in [5, 5.41) is 7.01. The van der Waals surface area contributed by atoms with Gasteiger partial charge in [0.15, 0.2) is 0 Å². The Bertz CT molecular complexity index is 456. The fourth-order valence-electron chi connectivity index (χ4n) is 1.72. The maximum Gasteiger partial charge on any atom is 0.149 e. The van der Waals surface area contributed by atoms with Crippen LogP contribution >= 0.6 is 0 Å². The summed E-state index contributed by atoms with van der Waals surface area (Å²) in [4.78, 5) is 0. The third kappa shape index (κ3) is 1.63. The number of H-pyrrole nitrogens is 1. The molecule has 3 N–H and O–H groups in total. The topological polar surface area (TPSA) is 67.8 Å². The van der Waals surface area contributed by atoms with E-state index in [9.17, 15) is 0 Å². The first-order valence-electron chi connectivity index (χ1n) is 5.10. The molecule has 0 bridgehead atoms. The molecular weight excluding hydrogens is 190 g/mol. The molecule has 0 atom stereocenters. The van der Waals surface area contributed by atoms with Crippen LogP contribution in [0.5, 0.6) is 0 Å². The maximum atomic E-state index is 5.81. The van der Waals surface area contributed by atoms with Crippen molar-refractivity contribution in [1.29, 1.82) is 0 Å². The number of nitrogen functional groups attached to an aromatic ring is 1. The molecule has 0 saturated heterocycles. The highest BCUT2D eigenvalue weighted by Gasteiger charge is 2.14. The molecular formula is C11H15N3O. The molecule has 2 heterocycles. The van der Waals surface area contributed by atoms with E-state index < -0.39 is 0 Å². The van der Waals surface area contributed by atoms with E-state index in [2.05, 4.69) is 17.1 Å². The maximum absolute atomic E-state index is 5.81. The Morgan fingerprint density at radius 3 is 2.87 bits per heavy atom. The zero-order chi connectivity index (χ0) is 10.8. The van der Waals surface area contributed by atoms with Crippen LogP contribution in [0.4, 0.5) is 5.82 Å². The molecule has 4 nitrogen and oxygen atoms in total. The molecule has 0 saturated carbocycles. The predicted molar refractivity (Wildman–Crippen MR) is 59.4 cm³/mol. The van der Waals surface area contributed by atoms with E-state index in [1.807, 2.05) is 6.92 Å². The van der Waals surface area contributed by atoms with Crippen molar-refractivity contribution in [3.8, 4) is 11.3 Å². The molecule has 0 spiro atoms. The summed E-state index contributed by atoms with van der Waals surface area (Å²) >= 11 is 0. The van der Waals surface area contributed by atoms with Crippen LogP contribution in [0.3, 0.4) is 0 Å². The first-order chi connectivity index (χ1) is 7.24. The lowest BCUT2D eigenvalue weighted by atomic mass is 10.0. The van der Waals surface area contributed by atoms with Crippen molar-refractivity contribution >= 4 is 5.82 Å². The predicted octanol–water partition coefficient (Wildman–Crippen LogP) is 2.51. The molecule has 2 aromatic rings. The lowest BCUT2D eigenvalue weighted by molar-refractivity contribution is 0.566. The molecule has 0 amide bonds. The number of aromatic nitrogens is 2. The number of nitrogens with two attached hydrogens (primary N) is 1. The third-order valence-corrected chi connectivity index (χ3v) is 2.52. The molecule has 0 aliphatic heterocycles. The Hall–Kier alpha value is -1.71. The van der Waals surface area contributed by atoms with Gasteiger partial charge in [-0.2, -0.15) is 5.10 Å². The van der Waals surface area contributed by atoms with Gasteiger partial charge in [-0.25, -0.2) is 0 Å². The van der Waals surface area contributed by atoms with Crippen molar-refractivity contribution in [2.45, 2.75) is 26.7 Å². The van der Waals surface area contributed by atoms with Gasteiger partial charge >= 0.3 is 0 Å². The fourth-order valence-corrected chi connectivity index (χ4v) is 1.72. The lowest BCUT2D eigenvalue weighted by Gasteiger charge is -2.00. The van der Waals surface area contributed by atoms with Gasteiger partial charge in [-0.15, -0.1) is 0 Å². The number of furan rings is 1. The number of nitrogens with one attached hydrogen (secondary N) is 1. The summed E-state index contributed by atoms with van der Waals surface area (Å²) < 4.78 is 5.15. The number of nitrogens with zero attached hydrogens (tertiary/aromatic N) is 1. The minimum absolute atomic E-state index is 0.590. The van der Waals surface area contributed by atoms with Gasteiger partial charge in [0.05, 0.1) is 18.2 Å². The lowest BCUT2D eigenvalue weighted by Crippen LogP contribution is -1.92. The Morgan fingerprint density at radius 1 is 1.47 bits per heavy atom. The fraction of sp³-hybridized carbons (Fsp3) is 0.364. The van der Waals surface area contributed by atoms with Crippen LogP contribution in [0.15, 0.2) is 16.9 Å². The molecule has 15 heavy (non-hydrogen) atoms. The molecule has 2 aromatic heterocycles. The highest BCUT2D eigenvalue weighted by atomic mass is 16.3. The summed E-state index contributed by atoms with van der Waals surface area (Å²) in [6, 6.07) is 0. The second-order valence-electron chi connectivity index (χ2n) is 3.68. The standard InChI is InChI=1S/C11H15N3O/c1-3-4-8-10(13-14-11(8)12)9-6-15-5-7(9)2/h5-6H,3-4H2,1-2H3,(H3,12,13,14). The second kappa shape index (κ2) is 3.81. The first-order valence-corrected chi connectivity index (χ1v) is 5.10. The molecule has 0 aliphatic rings. The molecule has 0 aromatic carbocycles. The van der Waals surface area contributed by atoms with E-state index in [1.54, 1.807) is 12.5 Å². The van der Waals surface area contributed by atoms with Gasteiger partial charge in [0.2, 0.25) is 0 Å². The zero-order valence-electron chi connectivity index (χ0n) is 9.00. The van der Waals surface area contributed by atoms with Gasteiger partial charge in [0.25, 0.3) is 0 Å². The van der Waals surface area contributed by atoms with Crippen LogP contribution in [0, 0.1) is 6.92 Å². The number of aryl methyl sites for hydroxylation is 1. The normalized spacial score (nSPS) is 10.8. The van der Waals surface area contributed by atoms with Gasteiger partial charge < -0.3 is 10.2 Å². The van der Waals surface area contributed by atoms with Gasteiger partial charge in [0, 0.05) is 11.1 Å². The van der Waals surface area contributed by atoms with Crippen molar-refractivity contribution in [2.75, 3.05) is 5.73 Å². The minimum atomic E-state index is 0.590. The molecule has 2 rings (SSSR count). The van der Waals surface area contributed by atoms with Crippen molar-refractivity contribution in [3.05, 3.63) is 23.7 Å². The number of hydrogen-bond acceptors (Lipinski definition) is 3. The summed E-state index contributed by atoms with van der Waals surface area (Å²) in [5.74, 6) is 0.590. The van der Waals surface area contributed by atoms with Crippen LogP contribution in [0.1, 0.15) is 24.5 Å². The van der Waals surface area contributed by atoms with Gasteiger partial charge in [-0.1, -0.05) is 13.3 Å². The summed E-state index contributed by atoms with van der Waals surface area (Å²) in [5.41, 5.74) is 10.0. The summed E-state index contributed by atoms with van der Waals surface area (Å²) in [6.07, 6.45) is 5.43. The Labute approximate surface area is 88.5 Å². The molecule has 80 valence electrons.